The third-order valence-corrected chi connectivity index (χ3v) is 4.18. The first-order valence-electron chi connectivity index (χ1n) is 5.43. The number of nitrogens with zero attached hydrogens (tertiary/aromatic N) is 2. The molecule has 0 aliphatic carbocycles. The number of rotatable bonds is 2. The van der Waals surface area contributed by atoms with Gasteiger partial charge < -0.3 is 9.55 Å². The van der Waals surface area contributed by atoms with E-state index in [1.807, 2.05) is 35.1 Å². The summed E-state index contributed by atoms with van der Waals surface area (Å²) < 4.78 is 2.66. The van der Waals surface area contributed by atoms with Crippen molar-refractivity contribution < 1.29 is 0 Å². The van der Waals surface area contributed by atoms with Gasteiger partial charge in [-0.15, -0.1) is 11.3 Å². The maximum atomic E-state index is 6.24. The zero-order chi connectivity index (χ0) is 12.7. The van der Waals surface area contributed by atoms with Crippen molar-refractivity contribution in [3.8, 4) is 0 Å². The Morgan fingerprint density at radius 2 is 2.33 bits per heavy atom. The molecule has 0 bridgehead atoms. The van der Waals surface area contributed by atoms with Gasteiger partial charge in [-0.2, -0.15) is 0 Å². The molecule has 0 aliphatic heterocycles. The van der Waals surface area contributed by atoms with Crippen LogP contribution >= 0.6 is 35.2 Å². The monoisotopic (exact) mass is 295 g/mol. The lowest BCUT2D eigenvalue weighted by molar-refractivity contribution is 0.789. The van der Waals surface area contributed by atoms with E-state index in [1.54, 1.807) is 11.3 Å². The normalized spacial score (nSPS) is 11.2. The van der Waals surface area contributed by atoms with E-state index in [0.717, 1.165) is 21.7 Å². The Bertz CT molecular complexity index is 769. The van der Waals surface area contributed by atoms with Crippen LogP contribution in [0.1, 0.15) is 10.7 Å². The smallest absolute Gasteiger partial charge is 0.178 e. The Labute approximate surface area is 118 Å². The zero-order valence-electron chi connectivity index (χ0n) is 9.61. The third-order valence-electron chi connectivity index (χ3n) is 2.73. The van der Waals surface area contributed by atoms with Gasteiger partial charge in [0.25, 0.3) is 0 Å². The van der Waals surface area contributed by atoms with Crippen LogP contribution in [0.5, 0.6) is 0 Å². The number of aromatic amines is 1. The summed E-state index contributed by atoms with van der Waals surface area (Å²) in [6.45, 7) is 2.64. The molecule has 3 nitrogen and oxygen atoms in total. The van der Waals surface area contributed by atoms with Crippen LogP contribution in [0.15, 0.2) is 23.6 Å². The summed E-state index contributed by atoms with van der Waals surface area (Å²) in [4.78, 5) is 7.62. The van der Waals surface area contributed by atoms with Gasteiger partial charge in [-0.25, -0.2) is 4.98 Å². The second-order valence-electron chi connectivity index (χ2n) is 4.01. The first-order chi connectivity index (χ1) is 8.65. The molecule has 0 saturated carbocycles. The fraction of sp³-hybridized carbons (Fsp3) is 0.167. The average Bonchev–Trinajstić information content (AvgIpc) is 2.85. The predicted octanol–water partition coefficient (Wildman–Crippen LogP) is 4.17. The Morgan fingerprint density at radius 3 is 3.06 bits per heavy atom. The minimum Gasteiger partial charge on any atom is -0.331 e. The van der Waals surface area contributed by atoms with Crippen LogP contribution in [0.3, 0.4) is 0 Å². The van der Waals surface area contributed by atoms with Gasteiger partial charge in [-0.05, 0) is 31.3 Å². The van der Waals surface area contributed by atoms with Crippen LogP contribution in [-0.2, 0) is 6.54 Å². The summed E-state index contributed by atoms with van der Waals surface area (Å²) in [5.41, 5.74) is 2.91. The quantitative estimate of drug-likeness (QED) is 0.720. The fourth-order valence-electron chi connectivity index (χ4n) is 1.97. The summed E-state index contributed by atoms with van der Waals surface area (Å²) >= 11 is 13.2. The molecule has 0 amide bonds. The lowest BCUT2D eigenvalue weighted by Crippen LogP contribution is -2.00. The van der Waals surface area contributed by atoms with E-state index in [0.29, 0.717) is 16.3 Å². The van der Waals surface area contributed by atoms with E-state index in [-0.39, 0.29) is 0 Å². The van der Waals surface area contributed by atoms with Crippen molar-refractivity contribution in [2.45, 2.75) is 13.5 Å². The van der Waals surface area contributed by atoms with E-state index in [9.17, 15) is 0 Å². The highest BCUT2D eigenvalue weighted by Gasteiger charge is 2.09. The van der Waals surface area contributed by atoms with Crippen molar-refractivity contribution >= 4 is 46.2 Å². The number of halogens is 1. The SMILES string of the molecule is Cc1nc(Cn2c(=S)[nH]c3cccc(Cl)c32)cs1. The van der Waals surface area contributed by atoms with Gasteiger partial charge in [0.05, 0.1) is 33.3 Å². The van der Waals surface area contributed by atoms with Crippen LogP contribution < -0.4 is 0 Å². The molecule has 0 atom stereocenters. The summed E-state index contributed by atoms with van der Waals surface area (Å²) in [6.07, 6.45) is 0. The number of fused-ring (bicyclic) bond motifs is 1. The highest BCUT2D eigenvalue weighted by Crippen LogP contribution is 2.24. The maximum Gasteiger partial charge on any atom is 0.178 e. The molecule has 0 saturated heterocycles. The standard InChI is InChI=1S/C12H10ClN3S2/c1-7-14-8(6-18-7)5-16-11-9(13)3-2-4-10(11)15-12(16)17/h2-4,6H,5H2,1H3,(H,15,17). The first kappa shape index (κ1) is 11.9. The topological polar surface area (TPSA) is 33.6 Å². The molecule has 18 heavy (non-hydrogen) atoms. The summed E-state index contributed by atoms with van der Waals surface area (Å²) in [5, 5.41) is 3.81. The molecule has 0 unspecified atom stereocenters. The van der Waals surface area contributed by atoms with Gasteiger partial charge in [0, 0.05) is 5.38 Å². The maximum absolute atomic E-state index is 6.24. The van der Waals surface area contributed by atoms with Crippen molar-refractivity contribution in [1.82, 2.24) is 14.5 Å². The van der Waals surface area contributed by atoms with Crippen LogP contribution in [-0.4, -0.2) is 14.5 Å². The first-order valence-corrected chi connectivity index (χ1v) is 7.10. The number of imidazole rings is 1. The van der Waals surface area contributed by atoms with Crippen molar-refractivity contribution in [3.05, 3.63) is 44.1 Å². The van der Waals surface area contributed by atoms with E-state index >= 15 is 0 Å². The highest BCUT2D eigenvalue weighted by molar-refractivity contribution is 7.71. The number of para-hydroxylation sites is 1. The second-order valence-corrected chi connectivity index (χ2v) is 5.87. The molecule has 1 N–H and O–H groups in total. The minimum atomic E-state index is 0.646. The molecule has 1 aromatic carbocycles. The molecule has 2 aromatic heterocycles. The molecule has 3 aromatic rings. The lowest BCUT2D eigenvalue weighted by Gasteiger charge is -2.03. The van der Waals surface area contributed by atoms with Gasteiger partial charge in [0.15, 0.2) is 4.77 Å². The molecule has 6 heteroatoms. The average molecular weight is 296 g/mol. The Morgan fingerprint density at radius 1 is 1.50 bits per heavy atom. The number of benzene rings is 1. The molecule has 0 radical (unpaired) electrons. The molecular formula is C12H10ClN3S2. The minimum absolute atomic E-state index is 0.646. The van der Waals surface area contributed by atoms with Crippen LogP contribution in [0.25, 0.3) is 11.0 Å². The molecule has 0 fully saturated rings. The highest BCUT2D eigenvalue weighted by atomic mass is 35.5. The van der Waals surface area contributed by atoms with Crippen LogP contribution in [0.4, 0.5) is 0 Å². The number of thiazole rings is 1. The molecular weight excluding hydrogens is 286 g/mol. The van der Waals surface area contributed by atoms with Crippen LogP contribution in [0, 0.1) is 11.7 Å². The largest absolute Gasteiger partial charge is 0.331 e. The summed E-state index contributed by atoms with van der Waals surface area (Å²) in [5.74, 6) is 0. The predicted molar refractivity (Wildman–Crippen MR) is 78.1 cm³/mol. The number of nitrogens with one attached hydrogen (secondary N) is 1. The molecule has 92 valence electrons. The number of hydrogen-bond acceptors (Lipinski definition) is 3. The van der Waals surface area contributed by atoms with Gasteiger partial charge >= 0.3 is 0 Å². The lowest BCUT2D eigenvalue weighted by atomic mass is 10.3. The Kier molecular flexibility index (Phi) is 2.97. The summed E-state index contributed by atoms with van der Waals surface area (Å²) in [6, 6.07) is 5.75. The van der Waals surface area contributed by atoms with Gasteiger partial charge in [0.1, 0.15) is 0 Å². The van der Waals surface area contributed by atoms with Crippen molar-refractivity contribution in [1.29, 1.82) is 0 Å². The molecule has 2 heterocycles. The van der Waals surface area contributed by atoms with E-state index in [4.69, 9.17) is 23.8 Å². The van der Waals surface area contributed by atoms with Crippen molar-refractivity contribution in [2.24, 2.45) is 0 Å². The van der Waals surface area contributed by atoms with Gasteiger partial charge in [-0.1, -0.05) is 17.7 Å². The Hall–Kier alpha value is -1.17. The van der Waals surface area contributed by atoms with Gasteiger partial charge in [-0.3, -0.25) is 0 Å². The van der Waals surface area contributed by atoms with Crippen molar-refractivity contribution in [3.63, 3.8) is 0 Å². The van der Waals surface area contributed by atoms with E-state index < -0.39 is 0 Å². The Balaban J connectivity index is 2.16. The fourth-order valence-corrected chi connectivity index (χ4v) is 3.11. The van der Waals surface area contributed by atoms with Gasteiger partial charge in [0.2, 0.25) is 0 Å². The third kappa shape index (κ3) is 1.98. The number of hydrogen-bond donors (Lipinski definition) is 1. The molecule has 0 spiro atoms. The number of aryl methyl sites for hydroxylation is 1. The molecule has 0 aliphatic rings. The zero-order valence-corrected chi connectivity index (χ0v) is 12.0. The van der Waals surface area contributed by atoms with Crippen LogP contribution in [0.2, 0.25) is 5.02 Å². The van der Waals surface area contributed by atoms with E-state index in [1.165, 1.54) is 0 Å². The molecule has 3 rings (SSSR count). The summed E-state index contributed by atoms with van der Waals surface area (Å²) in [7, 11) is 0. The second kappa shape index (κ2) is 4.50. The number of aromatic nitrogens is 3. The number of H-pyrrole nitrogens is 1. The van der Waals surface area contributed by atoms with Crippen molar-refractivity contribution in [2.75, 3.05) is 0 Å². The van der Waals surface area contributed by atoms with E-state index in [2.05, 4.69) is 9.97 Å².